The van der Waals surface area contributed by atoms with Crippen LogP contribution in [0.2, 0.25) is 0 Å². The zero-order valence-electron chi connectivity index (χ0n) is 16.5. The summed E-state index contributed by atoms with van der Waals surface area (Å²) in [5, 5.41) is 17.7. The lowest BCUT2D eigenvalue weighted by Crippen LogP contribution is -2.39. The number of hydrogen-bond acceptors (Lipinski definition) is 4. The molecule has 27 heavy (non-hydrogen) atoms. The lowest BCUT2D eigenvalue weighted by molar-refractivity contribution is 0.136. The van der Waals surface area contributed by atoms with Gasteiger partial charge in [0.2, 0.25) is 0 Å². The Kier molecular flexibility index (Phi) is 6.61. The Bertz CT molecular complexity index is 771. The van der Waals surface area contributed by atoms with Crippen LogP contribution in [0.25, 0.3) is 11.0 Å². The highest BCUT2D eigenvalue weighted by Gasteiger charge is 2.25. The van der Waals surface area contributed by atoms with E-state index in [1.807, 2.05) is 38.1 Å². The number of guanidine groups is 1. The molecule has 2 aromatic rings. The standard InChI is InChI=1S/C21H31N3O3/c1-4-22-21(23-13-16-9-6-10-17(16)25)24-14(3)19-12-15-8-7-11-18(26-5-2)20(15)27-19/h7-8,11-12,14,16-17,25H,4-6,9-10,13H2,1-3H3,(H2,22,23,24). The third-order valence-electron chi connectivity index (χ3n) is 5.05. The molecule has 1 saturated carbocycles. The highest BCUT2D eigenvalue weighted by molar-refractivity contribution is 5.84. The molecule has 1 aromatic heterocycles. The maximum atomic E-state index is 10.0. The van der Waals surface area contributed by atoms with Gasteiger partial charge in [-0.25, -0.2) is 0 Å². The molecule has 3 N–H and O–H groups in total. The average molecular weight is 373 g/mol. The van der Waals surface area contributed by atoms with Crippen LogP contribution in [0.1, 0.15) is 51.8 Å². The largest absolute Gasteiger partial charge is 0.490 e. The quantitative estimate of drug-likeness (QED) is 0.510. The molecule has 6 nitrogen and oxygen atoms in total. The summed E-state index contributed by atoms with van der Waals surface area (Å²) in [5.41, 5.74) is 0.777. The second kappa shape index (κ2) is 9.13. The molecule has 0 amide bonds. The third kappa shape index (κ3) is 4.75. The SMILES string of the molecule is CCNC(=NCC1CCCC1O)NC(C)c1cc2cccc(OCC)c2o1. The van der Waals surface area contributed by atoms with E-state index in [1.165, 1.54) is 0 Å². The Morgan fingerprint density at radius 1 is 1.37 bits per heavy atom. The minimum absolute atomic E-state index is 0.0434. The Hall–Kier alpha value is -2.21. The number of para-hydroxylation sites is 1. The number of fused-ring (bicyclic) bond motifs is 1. The minimum Gasteiger partial charge on any atom is -0.490 e. The molecule has 148 valence electrons. The maximum Gasteiger partial charge on any atom is 0.191 e. The van der Waals surface area contributed by atoms with Gasteiger partial charge in [0.15, 0.2) is 17.3 Å². The van der Waals surface area contributed by atoms with E-state index >= 15 is 0 Å². The summed E-state index contributed by atoms with van der Waals surface area (Å²) in [4.78, 5) is 4.68. The van der Waals surface area contributed by atoms with Crippen molar-refractivity contribution in [3.05, 3.63) is 30.0 Å². The molecule has 3 unspecified atom stereocenters. The fourth-order valence-corrected chi connectivity index (χ4v) is 3.57. The van der Waals surface area contributed by atoms with Gasteiger partial charge in [-0.3, -0.25) is 4.99 Å². The molecule has 0 spiro atoms. The first-order valence-electron chi connectivity index (χ1n) is 10.0. The van der Waals surface area contributed by atoms with Crippen LogP contribution < -0.4 is 15.4 Å². The van der Waals surface area contributed by atoms with Crippen LogP contribution in [-0.4, -0.2) is 36.9 Å². The van der Waals surface area contributed by atoms with Gasteiger partial charge >= 0.3 is 0 Å². The summed E-state index contributed by atoms with van der Waals surface area (Å²) >= 11 is 0. The summed E-state index contributed by atoms with van der Waals surface area (Å²) in [5.74, 6) is 2.61. The molecule has 0 bridgehead atoms. The van der Waals surface area contributed by atoms with Crippen molar-refractivity contribution in [3.63, 3.8) is 0 Å². The van der Waals surface area contributed by atoms with Crippen LogP contribution in [0.4, 0.5) is 0 Å². The van der Waals surface area contributed by atoms with Gasteiger partial charge in [0, 0.05) is 24.4 Å². The van der Waals surface area contributed by atoms with E-state index in [1.54, 1.807) is 0 Å². The molecule has 0 saturated heterocycles. The molecule has 1 aromatic carbocycles. The summed E-state index contributed by atoms with van der Waals surface area (Å²) in [7, 11) is 0. The number of aliphatic hydroxyl groups excluding tert-OH is 1. The van der Waals surface area contributed by atoms with Gasteiger partial charge in [-0.1, -0.05) is 18.6 Å². The van der Waals surface area contributed by atoms with Crippen LogP contribution in [0, 0.1) is 5.92 Å². The van der Waals surface area contributed by atoms with Crippen molar-refractivity contribution in [2.75, 3.05) is 19.7 Å². The van der Waals surface area contributed by atoms with Crippen molar-refractivity contribution < 1.29 is 14.3 Å². The highest BCUT2D eigenvalue weighted by atomic mass is 16.5. The molecular weight excluding hydrogens is 342 g/mol. The highest BCUT2D eigenvalue weighted by Crippen LogP contribution is 2.31. The number of aliphatic hydroxyl groups is 1. The Morgan fingerprint density at radius 3 is 2.93 bits per heavy atom. The van der Waals surface area contributed by atoms with Gasteiger partial charge in [-0.2, -0.15) is 0 Å². The Balaban J connectivity index is 1.72. The predicted molar refractivity (Wildman–Crippen MR) is 108 cm³/mol. The lowest BCUT2D eigenvalue weighted by atomic mass is 10.1. The molecule has 3 atom stereocenters. The van der Waals surface area contributed by atoms with E-state index in [9.17, 15) is 5.11 Å². The van der Waals surface area contributed by atoms with Gasteiger partial charge in [-0.15, -0.1) is 0 Å². The van der Waals surface area contributed by atoms with Crippen LogP contribution in [0.3, 0.4) is 0 Å². The zero-order valence-corrected chi connectivity index (χ0v) is 16.5. The first-order valence-corrected chi connectivity index (χ1v) is 10.0. The molecule has 6 heteroatoms. The molecule has 0 aliphatic heterocycles. The first-order chi connectivity index (χ1) is 13.1. The minimum atomic E-state index is -0.221. The van der Waals surface area contributed by atoms with E-state index in [-0.39, 0.29) is 18.1 Å². The van der Waals surface area contributed by atoms with Crippen molar-refractivity contribution in [1.82, 2.24) is 10.6 Å². The normalized spacial score (nSPS) is 21.4. The number of nitrogens with one attached hydrogen (secondary N) is 2. The molecule has 0 radical (unpaired) electrons. The second-order valence-electron chi connectivity index (χ2n) is 7.10. The van der Waals surface area contributed by atoms with Crippen molar-refractivity contribution in [2.45, 2.75) is 52.2 Å². The van der Waals surface area contributed by atoms with Crippen molar-refractivity contribution in [3.8, 4) is 5.75 Å². The third-order valence-corrected chi connectivity index (χ3v) is 5.05. The fraction of sp³-hybridized carbons (Fsp3) is 0.571. The lowest BCUT2D eigenvalue weighted by Gasteiger charge is -2.18. The topological polar surface area (TPSA) is 79.0 Å². The molecule has 1 fully saturated rings. The van der Waals surface area contributed by atoms with E-state index in [2.05, 4.69) is 22.5 Å². The van der Waals surface area contributed by atoms with E-state index in [0.717, 1.165) is 54.2 Å². The molecule has 1 aliphatic rings. The van der Waals surface area contributed by atoms with Gasteiger partial charge in [0.25, 0.3) is 0 Å². The number of aliphatic imine (C=N–C) groups is 1. The molecule has 1 aliphatic carbocycles. The second-order valence-corrected chi connectivity index (χ2v) is 7.10. The number of furan rings is 1. The van der Waals surface area contributed by atoms with Crippen LogP contribution in [0.5, 0.6) is 5.75 Å². The van der Waals surface area contributed by atoms with E-state index < -0.39 is 0 Å². The van der Waals surface area contributed by atoms with Crippen LogP contribution in [-0.2, 0) is 0 Å². The monoisotopic (exact) mass is 373 g/mol. The molecular formula is C21H31N3O3. The molecule has 1 heterocycles. The van der Waals surface area contributed by atoms with Gasteiger partial charge in [0.1, 0.15) is 5.76 Å². The number of ether oxygens (including phenoxy) is 1. The van der Waals surface area contributed by atoms with Crippen molar-refractivity contribution >= 4 is 16.9 Å². The fourth-order valence-electron chi connectivity index (χ4n) is 3.57. The van der Waals surface area contributed by atoms with E-state index in [4.69, 9.17) is 9.15 Å². The first kappa shape index (κ1) is 19.5. The zero-order chi connectivity index (χ0) is 19.2. The summed E-state index contributed by atoms with van der Waals surface area (Å²) in [6.07, 6.45) is 2.80. The average Bonchev–Trinajstić information content (AvgIpc) is 3.27. The smallest absolute Gasteiger partial charge is 0.191 e. The Labute approximate surface area is 161 Å². The van der Waals surface area contributed by atoms with Crippen LogP contribution >= 0.6 is 0 Å². The van der Waals surface area contributed by atoms with Gasteiger partial charge in [-0.05, 0) is 45.7 Å². The van der Waals surface area contributed by atoms with E-state index in [0.29, 0.717) is 13.2 Å². The Morgan fingerprint density at radius 2 is 2.22 bits per heavy atom. The number of benzene rings is 1. The number of hydrogen-bond donors (Lipinski definition) is 3. The summed E-state index contributed by atoms with van der Waals surface area (Å²) < 4.78 is 11.7. The number of nitrogens with zero attached hydrogens (tertiary/aromatic N) is 1. The summed E-state index contributed by atoms with van der Waals surface area (Å²) in [6.45, 7) is 8.08. The van der Waals surface area contributed by atoms with Crippen molar-refractivity contribution in [2.24, 2.45) is 10.9 Å². The van der Waals surface area contributed by atoms with Gasteiger partial charge < -0.3 is 24.9 Å². The van der Waals surface area contributed by atoms with Crippen LogP contribution in [0.15, 0.2) is 33.7 Å². The van der Waals surface area contributed by atoms with Crippen molar-refractivity contribution in [1.29, 1.82) is 0 Å². The maximum absolute atomic E-state index is 10.0. The van der Waals surface area contributed by atoms with Gasteiger partial charge in [0.05, 0.1) is 18.8 Å². The molecule has 3 rings (SSSR count). The number of rotatable bonds is 7. The summed E-state index contributed by atoms with van der Waals surface area (Å²) in [6, 6.07) is 7.93. The predicted octanol–water partition coefficient (Wildman–Crippen LogP) is 3.61.